The molecule has 0 unspecified atom stereocenters. The van der Waals surface area contributed by atoms with Crippen LogP contribution >= 0.6 is 0 Å². The van der Waals surface area contributed by atoms with E-state index in [2.05, 4.69) is 17.2 Å². The quantitative estimate of drug-likeness (QED) is 0.727. The molecule has 7 nitrogen and oxygen atoms in total. The lowest BCUT2D eigenvalue weighted by atomic mass is 10.0. The van der Waals surface area contributed by atoms with Crippen LogP contribution < -0.4 is 21.3 Å². The predicted molar refractivity (Wildman–Crippen MR) is 105 cm³/mol. The zero-order valence-electron chi connectivity index (χ0n) is 14.7. The second-order valence-corrected chi connectivity index (χ2v) is 6.17. The Balaban J connectivity index is 1.79. The second-order valence-electron chi connectivity index (χ2n) is 6.17. The lowest BCUT2D eigenvalue weighted by Gasteiger charge is -2.28. The van der Waals surface area contributed by atoms with E-state index in [4.69, 9.17) is 5.73 Å². The van der Waals surface area contributed by atoms with Crippen molar-refractivity contribution in [3.05, 3.63) is 66.2 Å². The number of primary amides is 1. The molecule has 0 saturated carbocycles. The minimum absolute atomic E-state index is 0.328. The minimum atomic E-state index is -0.509. The third-order valence-electron chi connectivity index (χ3n) is 4.31. The van der Waals surface area contributed by atoms with Gasteiger partial charge in [0.15, 0.2) is 0 Å². The summed E-state index contributed by atoms with van der Waals surface area (Å²) >= 11 is 0. The number of amides is 4. The average Bonchev–Trinajstić information content (AvgIpc) is 2.67. The number of urea groups is 1. The number of nitrogens with two attached hydrogens (primary N) is 1. The normalized spacial score (nSPS) is 12.7. The van der Waals surface area contributed by atoms with Gasteiger partial charge < -0.3 is 16.4 Å². The smallest absolute Gasteiger partial charge is 0.319 e. The van der Waals surface area contributed by atoms with Gasteiger partial charge in [-0.05, 0) is 54.8 Å². The fourth-order valence-corrected chi connectivity index (χ4v) is 3.02. The number of anilines is 3. The lowest BCUT2D eigenvalue weighted by molar-refractivity contribution is -0.111. The highest BCUT2D eigenvalue weighted by Gasteiger charge is 2.21. The first-order valence-electron chi connectivity index (χ1n) is 8.52. The summed E-state index contributed by atoms with van der Waals surface area (Å²) in [6.45, 7) is 3.96. The summed E-state index contributed by atoms with van der Waals surface area (Å²) in [5.74, 6) is -0.681. The van der Waals surface area contributed by atoms with Gasteiger partial charge in [-0.1, -0.05) is 18.7 Å². The standard InChI is InChI=1S/C20H20N4O3/c1-2-18(25)22-15-7-3-5-14(11-15)19(26)23-16-9-8-13-6-4-10-24(20(21)27)17(13)12-16/h2-3,5,7-9,11-12H,1,4,6,10H2,(H2,21,27)(H,22,25)(H,23,26). The SMILES string of the molecule is C=CC(=O)Nc1cccc(C(=O)Nc2ccc3c(c2)N(C(N)=O)CCC3)c1. The van der Waals surface area contributed by atoms with E-state index in [-0.39, 0.29) is 11.8 Å². The van der Waals surface area contributed by atoms with Crippen LogP contribution in [0.25, 0.3) is 0 Å². The van der Waals surface area contributed by atoms with Crippen molar-refractivity contribution in [3.8, 4) is 0 Å². The van der Waals surface area contributed by atoms with Gasteiger partial charge in [0.25, 0.3) is 5.91 Å². The largest absolute Gasteiger partial charge is 0.351 e. The maximum Gasteiger partial charge on any atom is 0.319 e. The molecule has 4 N–H and O–H groups in total. The Kier molecular flexibility index (Phi) is 5.21. The van der Waals surface area contributed by atoms with E-state index >= 15 is 0 Å². The summed E-state index contributed by atoms with van der Waals surface area (Å²) in [4.78, 5) is 37.1. The summed E-state index contributed by atoms with van der Waals surface area (Å²) in [6.07, 6.45) is 2.87. The van der Waals surface area contributed by atoms with Crippen molar-refractivity contribution < 1.29 is 14.4 Å². The van der Waals surface area contributed by atoms with Gasteiger partial charge in [-0.25, -0.2) is 4.79 Å². The molecule has 1 heterocycles. The van der Waals surface area contributed by atoms with E-state index in [9.17, 15) is 14.4 Å². The summed E-state index contributed by atoms with van der Waals surface area (Å²) in [7, 11) is 0. The minimum Gasteiger partial charge on any atom is -0.351 e. The first-order chi connectivity index (χ1) is 13.0. The van der Waals surface area contributed by atoms with Crippen molar-refractivity contribution in [2.75, 3.05) is 22.1 Å². The lowest BCUT2D eigenvalue weighted by Crippen LogP contribution is -2.39. The van der Waals surface area contributed by atoms with Crippen LogP contribution in [0.15, 0.2) is 55.1 Å². The van der Waals surface area contributed by atoms with E-state index in [1.54, 1.807) is 36.4 Å². The van der Waals surface area contributed by atoms with Crippen LogP contribution in [-0.4, -0.2) is 24.4 Å². The van der Waals surface area contributed by atoms with Crippen LogP contribution in [0.3, 0.4) is 0 Å². The number of nitrogens with one attached hydrogen (secondary N) is 2. The van der Waals surface area contributed by atoms with Crippen molar-refractivity contribution >= 4 is 34.9 Å². The Bertz CT molecular complexity index is 923. The molecule has 0 bridgehead atoms. The summed E-state index contributed by atoms with van der Waals surface area (Å²) in [6, 6.07) is 11.5. The molecule has 27 heavy (non-hydrogen) atoms. The molecule has 138 valence electrons. The van der Waals surface area contributed by atoms with Gasteiger partial charge in [0.1, 0.15) is 0 Å². The Morgan fingerprint density at radius 3 is 2.59 bits per heavy atom. The number of hydrogen-bond acceptors (Lipinski definition) is 3. The molecule has 2 aromatic rings. The van der Waals surface area contributed by atoms with Gasteiger partial charge in [-0.15, -0.1) is 0 Å². The fraction of sp³-hybridized carbons (Fsp3) is 0.150. The van der Waals surface area contributed by atoms with Gasteiger partial charge in [0, 0.05) is 23.5 Å². The number of fused-ring (bicyclic) bond motifs is 1. The van der Waals surface area contributed by atoms with Gasteiger partial charge in [0.2, 0.25) is 5.91 Å². The highest BCUT2D eigenvalue weighted by Crippen LogP contribution is 2.30. The fourth-order valence-electron chi connectivity index (χ4n) is 3.02. The third-order valence-corrected chi connectivity index (χ3v) is 4.31. The molecule has 7 heteroatoms. The zero-order chi connectivity index (χ0) is 19.4. The molecule has 1 aliphatic heterocycles. The molecule has 0 aliphatic carbocycles. The maximum absolute atomic E-state index is 12.6. The topological polar surface area (TPSA) is 105 Å². The van der Waals surface area contributed by atoms with Crippen LogP contribution in [0.4, 0.5) is 21.9 Å². The number of hydrogen-bond donors (Lipinski definition) is 3. The molecule has 1 aliphatic rings. The molecular weight excluding hydrogens is 344 g/mol. The van der Waals surface area contributed by atoms with Crippen LogP contribution in [-0.2, 0) is 11.2 Å². The number of rotatable bonds is 4. The van der Waals surface area contributed by atoms with Crippen LogP contribution in [0.5, 0.6) is 0 Å². The monoisotopic (exact) mass is 364 g/mol. The van der Waals surface area contributed by atoms with Gasteiger partial charge in [-0.3, -0.25) is 14.5 Å². The number of benzene rings is 2. The van der Waals surface area contributed by atoms with Crippen molar-refractivity contribution in [1.29, 1.82) is 0 Å². The summed E-state index contributed by atoms with van der Waals surface area (Å²) < 4.78 is 0. The molecule has 0 spiro atoms. The number of carbonyl (C=O) groups excluding carboxylic acids is 3. The van der Waals surface area contributed by atoms with E-state index in [0.29, 0.717) is 23.5 Å². The maximum atomic E-state index is 12.6. The molecule has 0 saturated heterocycles. The van der Waals surface area contributed by atoms with Gasteiger partial charge in [-0.2, -0.15) is 0 Å². The Morgan fingerprint density at radius 2 is 1.85 bits per heavy atom. The van der Waals surface area contributed by atoms with Crippen molar-refractivity contribution in [2.24, 2.45) is 5.73 Å². The first kappa shape index (κ1) is 18.2. The summed E-state index contributed by atoms with van der Waals surface area (Å²) in [5.41, 5.74) is 8.64. The highest BCUT2D eigenvalue weighted by molar-refractivity contribution is 6.06. The number of nitrogens with zero attached hydrogens (tertiary/aromatic N) is 1. The average molecular weight is 364 g/mol. The van der Waals surface area contributed by atoms with Gasteiger partial charge >= 0.3 is 6.03 Å². The molecule has 4 amide bonds. The van der Waals surface area contributed by atoms with E-state index in [1.807, 2.05) is 6.07 Å². The summed E-state index contributed by atoms with van der Waals surface area (Å²) in [5, 5.41) is 5.43. The van der Waals surface area contributed by atoms with E-state index < -0.39 is 6.03 Å². The van der Waals surface area contributed by atoms with Crippen LogP contribution in [0.2, 0.25) is 0 Å². The molecular formula is C20H20N4O3. The van der Waals surface area contributed by atoms with Crippen molar-refractivity contribution in [2.45, 2.75) is 12.8 Å². The van der Waals surface area contributed by atoms with Crippen LogP contribution in [0, 0.1) is 0 Å². The molecule has 2 aromatic carbocycles. The zero-order valence-corrected chi connectivity index (χ0v) is 14.7. The molecule has 0 radical (unpaired) electrons. The van der Waals surface area contributed by atoms with E-state index in [1.165, 1.54) is 4.90 Å². The van der Waals surface area contributed by atoms with Crippen LogP contribution in [0.1, 0.15) is 22.3 Å². The predicted octanol–water partition coefficient (Wildman–Crippen LogP) is 2.89. The molecule has 0 aromatic heterocycles. The van der Waals surface area contributed by atoms with Crippen molar-refractivity contribution in [3.63, 3.8) is 0 Å². The Morgan fingerprint density at radius 1 is 1.07 bits per heavy atom. The third kappa shape index (κ3) is 4.14. The molecule has 0 fully saturated rings. The Labute approximate surface area is 156 Å². The molecule has 3 rings (SSSR count). The molecule has 0 atom stereocenters. The Hall–Kier alpha value is -3.61. The first-order valence-corrected chi connectivity index (χ1v) is 8.52. The van der Waals surface area contributed by atoms with E-state index in [0.717, 1.165) is 30.2 Å². The van der Waals surface area contributed by atoms with Gasteiger partial charge in [0.05, 0.1) is 5.69 Å². The highest BCUT2D eigenvalue weighted by atomic mass is 16.2. The van der Waals surface area contributed by atoms with Crippen molar-refractivity contribution in [1.82, 2.24) is 0 Å². The second kappa shape index (κ2) is 7.74. The number of aryl methyl sites for hydroxylation is 1. The number of carbonyl (C=O) groups is 3.